The molecule has 0 unspecified atom stereocenters. The second-order valence-corrected chi connectivity index (χ2v) is 7.22. The van der Waals surface area contributed by atoms with Gasteiger partial charge in [0.1, 0.15) is 27.4 Å². The van der Waals surface area contributed by atoms with Crippen LogP contribution in [-0.4, -0.2) is 31.9 Å². The predicted molar refractivity (Wildman–Crippen MR) is 104 cm³/mol. The Hall–Kier alpha value is -4.27. The van der Waals surface area contributed by atoms with Gasteiger partial charge < -0.3 is 15.5 Å². The number of rotatable bonds is 5. The molecule has 0 aliphatic heterocycles. The maximum absolute atomic E-state index is 13.4. The summed E-state index contributed by atoms with van der Waals surface area (Å²) in [6.45, 7) is 0. The summed E-state index contributed by atoms with van der Waals surface area (Å²) in [6.07, 6.45) is -2.78. The monoisotopic (exact) mass is 466 g/mol. The Morgan fingerprint density at radius 1 is 1.34 bits per heavy atom. The molecule has 2 amide bonds. The number of primary amides is 1. The largest absolute Gasteiger partial charge is 0.464 e. The van der Waals surface area contributed by atoms with Crippen LogP contribution in [0.15, 0.2) is 35.1 Å². The molecule has 4 aromatic rings. The van der Waals surface area contributed by atoms with Crippen molar-refractivity contribution < 1.29 is 32.1 Å². The molecule has 4 rings (SSSR count). The zero-order valence-corrected chi connectivity index (χ0v) is 16.2. The van der Waals surface area contributed by atoms with Crippen molar-refractivity contribution in [3.8, 4) is 11.3 Å². The third-order valence-electron chi connectivity index (χ3n) is 4.24. The first kappa shape index (κ1) is 21.0. The van der Waals surface area contributed by atoms with Crippen LogP contribution in [-0.2, 0) is 6.18 Å². The number of hydrogen-bond acceptors (Lipinski definition) is 8. The highest BCUT2D eigenvalue weighted by Crippen LogP contribution is 2.43. The number of thiophene rings is 1. The van der Waals surface area contributed by atoms with Gasteiger partial charge in [-0.3, -0.25) is 24.8 Å². The van der Waals surface area contributed by atoms with Crippen LogP contribution in [0.3, 0.4) is 0 Å². The third-order valence-corrected chi connectivity index (χ3v) is 5.34. The molecule has 4 N–H and O–H groups in total. The molecule has 0 atom stereocenters. The first-order valence-corrected chi connectivity index (χ1v) is 9.27. The maximum Gasteiger partial charge on any atom is 0.433 e. The number of nitrogens with two attached hydrogens (primary N) is 1. The first-order valence-electron chi connectivity index (χ1n) is 8.45. The molecule has 4 aromatic heterocycles. The molecule has 15 heteroatoms. The molecule has 11 nitrogen and oxygen atoms in total. The molecule has 4 heterocycles. The second-order valence-electron chi connectivity index (χ2n) is 6.22. The Labute approximate surface area is 178 Å². The minimum Gasteiger partial charge on any atom is -0.464 e. The number of pyridine rings is 1. The number of hydrogen-bond donors (Lipinski definition) is 3. The second kappa shape index (κ2) is 7.45. The van der Waals surface area contributed by atoms with E-state index in [1.165, 1.54) is 18.4 Å². The number of H-pyrrole nitrogens is 1. The molecule has 0 aromatic carbocycles. The molecule has 32 heavy (non-hydrogen) atoms. The van der Waals surface area contributed by atoms with E-state index in [0.717, 1.165) is 6.20 Å². The fraction of sp³-hybridized carbons (Fsp3) is 0.0588. The summed E-state index contributed by atoms with van der Waals surface area (Å²) < 4.78 is 45.4. The molecule has 0 bridgehead atoms. The first-order chi connectivity index (χ1) is 15.1. The van der Waals surface area contributed by atoms with Crippen LogP contribution < -0.4 is 11.1 Å². The van der Waals surface area contributed by atoms with Crippen LogP contribution in [0.4, 0.5) is 24.5 Å². The highest BCUT2D eigenvalue weighted by atomic mass is 32.1. The fourth-order valence-electron chi connectivity index (χ4n) is 2.92. The van der Waals surface area contributed by atoms with E-state index >= 15 is 0 Å². The van der Waals surface area contributed by atoms with E-state index in [1.807, 2.05) is 0 Å². The number of carbonyl (C=O) groups excluding carboxylic acids is 2. The van der Waals surface area contributed by atoms with Gasteiger partial charge in [0.15, 0.2) is 0 Å². The van der Waals surface area contributed by atoms with E-state index in [0.29, 0.717) is 17.4 Å². The number of alkyl halides is 3. The SMILES string of the molecule is NC(=O)c1sc2nc(C(F)(F)F)cc(-c3ccco3)c2c1NC(=O)c1[nH]ncc1[N+](=O)[O-]. The Kier molecular flexibility index (Phi) is 4.89. The smallest absolute Gasteiger partial charge is 0.433 e. The lowest BCUT2D eigenvalue weighted by atomic mass is 10.1. The fourth-order valence-corrected chi connectivity index (χ4v) is 3.93. The molecule has 0 radical (unpaired) electrons. The minimum atomic E-state index is -4.81. The summed E-state index contributed by atoms with van der Waals surface area (Å²) in [5.41, 5.74) is 2.54. The van der Waals surface area contributed by atoms with Gasteiger partial charge in [0.05, 0.1) is 16.9 Å². The normalized spacial score (nSPS) is 11.6. The maximum atomic E-state index is 13.4. The van der Waals surface area contributed by atoms with E-state index in [9.17, 15) is 32.9 Å². The molecule has 0 aliphatic carbocycles. The highest BCUT2D eigenvalue weighted by Gasteiger charge is 2.36. The van der Waals surface area contributed by atoms with Crippen molar-refractivity contribution >= 4 is 44.7 Å². The van der Waals surface area contributed by atoms with Crippen LogP contribution in [0, 0.1) is 10.1 Å². The van der Waals surface area contributed by atoms with Gasteiger partial charge >= 0.3 is 11.9 Å². The number of fused-ring (bicyclic) bond motifs is 1. The van der Waals surface area contributed by atoms with Crippen LogP contribution in [0.1, 0.15) is 25.9 Å². The quantitative estimate of drug-likeness (QED) is 0.298. The molecule has 0 saturated carbocycles. The number of aromatic amines is 1. The predicted octanol–water partition coefficient (Wildman–Crippen LogP) is 3.56. The lowest BCUT2D eigenvalue weighted by Gasteiger charge is -2.10. The van der Waals surface area contributed by atoms with Crippen LogP contribution >= 0.6 is 11.3 Å². The van der Waals surface area contributed by atoms with Crippen LogP contribution in [0.5, 0.6) is 0 Å². The highest BCUT2D eigenvalue weighted by molar-refractivity contribution is 7.21. The summed E-state index contributed by atoms with van der Waals surface area (Å²) in [5, 5.41) is 18.9. The van der Waals surface area contributed by atoms with Crippen molar-refractivity contribution in [3.05, 3.63) is 57.0 Å². The topological polar surface area (TPSA) is 170 Å². The van der Waals surface area contributed by atoms with Crippen LogP contribution in [0.25, 0.3) is 21.5 Å². The van der Waals surface area contributed by atoms with Gasteiger partial charge in [-0.05, 0) is 18.2 Å². The summed E-state index contributed by atoms with van der Waals surface area (Å²) in [5.74, 6) is -2.12. The number of aromatic nitrogens is 3. The summed E-state index contributed by atoms with van der Waals surface area (Å²) in [7, 11) is 0. The van der Waals surface area contributed by atoms with Crippen molar-refractivity contribution in [2.45, 2.75) is 6.18 Å². The number of nitrogens with zero attached hydrogens (tertiary/aromatic N) is 3. The Bertz CT molecular complexity index is 1380. The summed E-state index contributed by atoms with van der Waals surface area (Å²) in [6, 6.07) is 3.51. The van der Waals surface area contributed by atoms with Gasteiger partial charge in [0.2, 0.25) is 5.69 Å². The Morgan fingerprint density at radius 3 is 2.69 bits per heavy atom. The summed E-state index contributed by atoms with van der Waals surface area (Å²) in [4.78, 5) is 37.9. The Morgan fingerprint density at radius 2 is 2.09 bits per heavy atom. The van der Waals surface area contributed by atoms with E-state index in [2.05, 4.69) is 20.5 Å². The number of halogens is 3. The number of furan rings is 1. The third kappa shape index (κ3) is 3.53. The average Bonchev–Trinajstić information content (AvgIpc) is 3.46. The lowest BCUT2D eigenvalue weighted by molar-refractivity contribution is -0.385. The number of carbonyl (C=O) groups is 2. The Balaban J connectivity index is 1.96. The standard InChI is InChI=1S/C17H9F3N6O5S/c18-17(19,20)9-4-6(8-2-1-3-31-8)10-12(13(14(21)27)32-16(10)23-9)24-15(28)11-7(26(29)30)5-22-25-11/h1-5H,(H2,21,27)(H,22,25)(H,24,28). The van der Waals surface area contributed by atoms with Crippen molar-refractivity contribution in [1.29, 1.82) is 0 Å². The van der Waals surface area contributed by atoms with Gasteiger partial charge in [-0.15, -0.1) is 11.3 Å². The van der Waals surface area contributed by atoms with Crippen molar-refractivity contribution in [3.63, 3.8) is 0 Å². The van der Waals surface area contributed by atoms with Gasteiger partial charge in [0, 0.05) is 10.9 Å². The lowest BCUT2D eigenvalue weighted by Crippen LogP contribution is -2.18. The van der Waals surface area contributed by atoms with Gasteiger partial charge in [-0.1, -0.05) is 0 Å². The molecule has 0 saturated heterocycles. The minimum absolute atomic E-state index is 0.000241. The zero-order valence-electron chi connectivity index (χ0n) is 15.4. The van der Waals surface area contributed by atoms with Gasteiger partial charge in [-0.25, -0.2) is 4.98 Å². The van der Waals surface area contributed by atoms with Crippen molar-refractivity contribution in [1.82, 2.24) is 15.2 Å². The van der Waals surface area contributed by atoms with Gasteiger partial charge in [0.25, 0.3) is 11.8 Å². The molecule has 0 aliphatic rings. The van der Waals surface area contributed by atoms with Gasteiger partial charge in [-0.2, -0.15) is 18.3 Å². The molecule has 0 spiro atoms. The summed E-state index contributed by atoms with van der Waals surface area (Å²) >= 11 is 0.522. The molecule has 0 fully saturated rings. The molecular formula is C17H9F3N6O5S. The number of nitrogens with one attached hydrogen (secondary N) is 2. The van der Waals surface area contributed by atoms with E-state index < -0.39 is 40.0 Å². The number of nitro groups is 1. The number of anilines is 1. The van der Waals surface area contributed by atoms with E-state index in [4.69, 9.17) is 10.2 Å². The molecular weight excluding hydrogens is 457 g/mol. The average molecular weight is 466 g/mol. The van der Waals surface area contributed by atoms with Crippen LogP contribution in [0.2, 0.25) is 0 Å². The van der Waals surface area contributed by atoms with E-state index in [1.54, 1.807) is 0 Å². The number of amides is 2. The van der Waals surface area contributed by atoms with Crippen molar-refractivity contribution in [2.24, 2.45) is 5.73 Å². The molecule has 164 valence electrons. The zero-order chi connectivity index (χ0) is 23.2. The van der Waals surface area contributed by atoms with E-state index in [-0.39, 0.29) is 32.1 Å². The van der Waals surface area contributed by atoms with Crippen molar-refractivity contribution in [2.75, 3.05) is 5.32 Å².